The van der Waals surface area contributed by atoms with Crippen LogP contribution < -0.4 is 10.1 Å². The number of rotatable bonds is 3. The van der Waals surface area contributed by atoms with E-state index in [2.05, 4.69) is 17.2 Å². The van der Waals surface area contributed by atoms with E-state index in [1.54, 1.807) is 7.11 Å². The van der Waals surface area contributed by atoms with Crippen molar-refractivity contribution in [3.8, 4) is 5.75 Å². The summed E-state index contributed by atoms with van der Waals surface area (Å²) in [6, 6.07) is 8.70. The summed E-state index contributed by atoms with van der Waals surface area (Å²) >= 11 is 0. The number of nitrogens with one attached hydrogen (secondary N) is 1. The van der Waals surface area contributed by atoms with Crippen LogP contribution in [0.5, 0.6) is 5.75 Å². The number of hydrogen-bond acceptors (Lipinski definition) is 4. The number of amidine groups is 1. The van der Waals surface area contributed by atoms with E-state index < -0.39 is 0 Å². The minimum absolute atomic E-state index is 0.379. The maximum atomic E-state index is 5.48. The van der Waals surface area contributed by atoms with E-state index in [0.29, 0.717) is 12.1 Å². The summed E-state index contributed by atoms with van der Waals surface area (Å²) in [5.41, 5.74) is 0.960. The molecule has 4 heteroatoms. The summed E-state index contributed by atoms with van der Waals surface area (Å²) in [7, 11) is 1.66. The molecule has 17 heavy (non-hydrogen) atoms. The van der Waals surface area contributed by atoms with Crippen LogP contribution in [0.15, 0.2) is 29.3 Å². The van der Waals surface area contributed by atoms with Crippen LogP contribution in [0, 0.1) is 0 Å². The first-order valence-corrected chi connectivity index (χ1v) is 5.93. The molecular weight excluding hydrogens is 216 g/mol. The molecule has 0 aromatic heterocycles. The quantitative estimate of drug-likeness (QED) is 0.874. The van der Waals surface area contributed by atoms with Crippen molar-refractivity contribution >= 4 is 11.7 Å². The van der Waals surface area contributed by atoms with Crippen molar-refractivity contribution in [3.05, 3.63) is 24.3 Å². The molecular formula is C13H18N2O2. The van der Waals surface area contributed by atoms with Gasteiger partial charge in [-0.05, 0) is 30.7 Å². The van der Waals surface area contributed by atoms with E-state index >= 15 is 0 Å². The lowest BCUT2D eigenvalue weighted by Crippen LogP contribution is -2.26. The van der Waals surface area contributed by atoms with E-state index in [4.69, 9.17) is 9.47 Å². The normalized spacial score (nSPS) is 19.2. The average molecular weight is 234 g/mol. The van der Waals surface area contributed by atoms with E-state index in [0.717, 1.165) is 30.9 Å². The van der Waals surface area contributed by atoms with Gasteiger partial charge in [0.1, 0.15) is 5.75 Å². The molecule has 0 radical (unpaired) electrons. The summed E-state index contributed by atoms with van der Waals surface area (Å²) in [5.74, 6) is 0.841. The Morgan fingerprint density at radius 2 is 2.18 bits per heavy atom. The Bertz CT molecular complexity index is 387. The Morgan fingerprint density at radius 3 is 2.82 bits per heavy atom. The van der Waals surface area contributed by atoms with Gasteiger partial charge < -0.3 is 14.8 Å². The fourth-order valence-corrected chi connectivity index (χ4v) is 1.72. The maximum Gasteiger partial charge on any atom is 0.289 e. The second-order valence-corrected chi connectivity index (χ2v) is 3.99. The molecule has 4 nitrogen and oxygen atoms in total. The first-order chi connectivity index (χ1) is 8.31. The van der Waals surface area contributed by atoms with Crippen molar-refractivity contribution in [3.63, 3.8) is 0 Å². The van der Waals surface area contributed by atoms with Gasteiger partial charge in [0, 0.05) is 12.1 Å². The zero-order valence-electron chi connectivity index (χ0n) is 10.3. The highest BCUT2D eigenvalue weighted by Crippen LogP contribution is 2.17. The van der Waals surface area contributed by atoms with E-state index in [1.807, 2.05) is 24.3 Å². The largest absolute Gasteiger partial charge is 0.497 e. The summed E-state index contributed by atoms with van der Waals surface area (Å²) in [6.45, 7) is 2.88. The van der Waals surface area contributed by atoms with Gasteiger partial charge in [-0.15, -0.1) is 0 Å². The van der Waals surface area contributed by atoms with Crippen LogP contribution >= 0.6 is 0 Å². The topological polar surface area (TPSA) is 42.8 Å². The summed E-state index contributed by atoms with van der Waals surface area (Å²) in [5, 5.41) is 3.17. The molecule has 92 valence electrons. The predicted octanol–water partition coefficient (Wildman–Crippen LogP) is 2.66. The molecule has 0 amide bonds. The predicted molar refractivity (Wildman–Crippen MR) is 68.7 cm³/mol. The molecule has 0 spiro atoms. The van der Waals surface area contributed by atoms with Crippen molar-refractivity contribution in [1.29, 1.82) is 0 Å². The molecule has 1 N–H and O–H groups in total. The third kappa shape index (κ3) is 3.12. The Balaban J connectivity index is 2.02. The Labute approximate surface area is 102 Å². The van der Waals surface area contributed by atoms with Gasteiger partial charge in [-0.1, -0.05) is 6.92 Å². The smallest absolute Gasteiger partial charge is 0.289 e. The van der Waals surface area contributed by atoms with Crippen LogP contribution in [-0.2, 0) is 4.74 Å². The third-order valence-corrected chi connectivity index (χ3v) is 2.80. The third-order valence-electron chi connectivity index (χ3n) is 2.80. The molecule has 1 heterocycles. The molecule has 1 aromatic carbocycles. The number of anilines is 1. The minimum Gasteiger partial charge on any atom is -0.497 e. The van der Waals surface area contributed by atoms with E-state index in [-0.39, 0.29) is 0 Å². The van der Waals surface area contributed by atoms with Crippen molar-refractivity contribution in [2.45, 2.75) is 25.8 Å². The minimum atomic E-state index is 0.379. The zero-order valence-corrected chi connectivity index (χ0v) is 10.3. The number of benzene rings is 1. The van der Waals surface area contributed by atoms with E-state index in [1.165, 1.54) is 0 Å². The number of hydrogen-bond donors (Lipinski definition) is 1. The van der Waals surface area contributed by atoms with Gasteiger partial charge in [0.25, 0.3) is 6.02 Å². The summed E-state index contributed by atoms with van der Waals surface area (Å²) < 4.78 is 10.6. The Hall–Kier alpha value is -1.71. The molecule has 0 saturated carbocycles. The number of nitrogens with zero attached hydrogens (tertiary/aromatic N) is 1. The molecule has 1 aliphatic rings. The molecule has 0 fully saturated rings. The molecule has 0 aliphatic carbocycles. The van der Waals surface area contributed by atoms with Crippen LogP contribution in [0.2, 0.25) is 0 Å². The average Bonchev–Trinajstić information content (AvgIpc) is 2.40. The van der Waals surface area contributed by atoms with Crippen LogP contribution in [0.4, 0.5) is 5.69 Å². The number of aliphatic imine (C=N–C) groups is 1. The van der Waals surface area contributed by atoms with Crippen molar-refractivity contribution in [1.82, 2.24) is 0 Å². The van der Waals surface area contributed by atoms with Crippen LogP contribution in [0.3, 0.4) is 0 Å². The summed E-state index contributed by atoms with van der Waals surface area (Å²) in [6.07, 6.45) is 2.06. The molecule has 2 rings (SSSR count). The molecule has 0 saturated heterocycles. The number of ether oxygens (including phenoxy) is 2. The lowest BCUT2D eigenvalue weighted by molar-refractivity contribution is 0.257. The number of methoxy groups -OCH3 is 1. The molecule has 0 unspecified atom stereocenters. The van der Waals surface area contributed by atoms with Crippen LogP contribution in [-0.4, -0.2) is 25.8 Å². The van der Waals surface area contributed by atoms with Gasteiger partial charge in [-0.25, -0.2) is 4.99 Å². The first kappa shape index (κ1) is 11.8. The zero-order chi connectivity index (χ0) is 12.1. The fourth-order valence-electron chi connectivity index (χ4n) is 1.72. The van der Waals surface area contributed by atoms with Crippen LogP contribution in [0.1, 0.15) is 19.8 Å². The molecule has 1 aromatic rings. The summed E-state index contributed by atoms with van der Waals surface area (Å²) in [4.78, 5) is 4.49. The molecule has 0 bridgehead atoms. The molecule has 1 aliphatic heterocycles. The van der Waals surface area contributed by atoms with Gasteiger partial charge in [-0.3, -0.25) is 0 Å². The lowest BCUT2D eigenvalue weighted by Gasteiger charge is -2.20. The monoisotopic (exact) mass is 234 g/mol. The van der Waals surface area contributed by atoms with Crippen molar-refractivity contribution < 1.29 is 9.47 Å². The molecule has 1 atom stereocenters. The van der Waals surface area contributed by atoms with Crippen molar-refractivity contribution in [2.24, 2.45) is 4.99 Å². The second-order valence-electron chi connectivity index (χ2n) is 3.99. The Kier molecular flexibility index (Phi) is 3.85. The van der Waals surface area contributed by atoms with Gasteiger partial charge in [0.2, 0.25) is 0 Å². The second kappa shape index (κ2) is 5.57. The maximum absolute atomic E-state index is 5.48. The highest BCUT2D eigenvalue weighted by Gasteiger charge is 2.14. The van der Waals surface area contributed by atoms with Crippen LogP contribution in [0.25, 0.3) is 0 Å². The van der Waals surface area contributed by atoms with Crippen molar-refractivity contribution in [2.75, 3.05) is 19.0 Å². The van der Waals surface area contributed by atoms with E-state index in [9.17, 15) is 0 Å². The Morgan fingerprint density at radius 1 is 1.41 bits per heavy atom. The fraction of sp³-hybridized carbons (Fsp3) is 0.462. The van der Waals surface area contributed by atoms with Gasteiger partial charge >= 0.3 is 0 Å². The standard InChI is InChI=1S/C13H18N2O2/c1-3-10-8-9-17-13(14-10)15-11-4-6-12(16-2)7-5-11/h4-7,10H,3,8-9H2,1-2H3,(H,14,15)/t10-/m1/s1. The highest BCUT2D eigenvalue weighted by atomic mass is 16.5. The first-order valence-electron chi connectivity index (χ1n) is 5.93. The van der Waals surface area contributed by atoms with Gasteiger partial charge in [0.15, 0.2) is 0 Å². The van der Waals surface area contributed by atoms with Gasteiger partial charge in [0.05, 0.1) is 19.8 Å². The SMILES string of the molecule is CC[C@@H]1CCOC(Nc2ccc(OC)cc2)=N1. The van der Waals surface area contributed by atoms with Gasteiger partial charge in [-0.2, -0.15) is 0 Å². The highest BCUT2D eigenvalue weighted by molar-refractivity contribution is 5.89. The lowest BCUT2D eigenvalue weighted by atomic mass is 10.2.